The molecule has 115 heavy (non-hydrogen) atoms. The first kappa shape index (κ1) is 46.0. The first-order valence-electron chi connectivity index (χ1n) is 54.2. The third-order valence-corrected chi connectivity index (χ3v) is 17.6. The van der Waals surface area contributed by atoms with Gasteiger partial charge >= 0.3 is 0 Å². The highest BCUT2D eigenvalue weighted by molar-refractivity contribution is 6.43. The van der Waals surface area contributed by atoms with Crippen LogP contribution in [-0.2, 0) is 66.2 Å². The number of benzene rings is 4. The van der Waals surface area contributed by atoms with Crippen LogP contribution in [0.2, 0.25) is 40.2 Å². The number of nitrogens with zero attached hydrogens (tertiary/aromatic N) is 16. The quantitative estimate of drug-likeness (QED) is 0.0220. The van der Waals surface area contributed by atoms with E-state index in [0.29, 0.717) is 35.6 Å². The molecule has 8 aromatic heterocycles. The monoisotopic (exact) mass is 1780 g/mol. The topological polar surface area (TPSA) is 363 Å². The molecule has 3 saturated heterocycles. The number of hydrogen-bond acceptors (Lipinski definition) is 24. The highest BCUT2D eigenvalue weighted by Crippen LogP contribution is 2.27. The molecule has 3 aliphatic heterocycles. The fourth-order valence-corrected chi connectivity index (χ4v) is 10.7. The molecule has 3 aliphatic rings. The SMILES string of the molecule is [2H]C(C)C([2H])([2H])N(C([2H])([2H])C([2H])([2H])O)C([2H])([2H])C([2H])([2H])n1cnc2nc(NC([2H])([2H])c3ccc(Cl)c(Cl)c3)[nH]c(=O)c21.[2H]C1([2H])OC([2H])(C)C([2H])([2H])N(C([2H])([2H])C([2H])([2H])n2cnc3nc(NCc4ccc(Cl)c(Cl)c4)[nH]c(=O)c32)C1([2H])[2H].[2H]c1cc(C([2H])([2H])Nc2nc3ncn(C([2H])([2H])CN4C([2H])([2H])C([2H])([2H])OC([2H])(C)C4([2H])[2H])c3c(=O)[nH]2)cc(Cl)c1Cl.[2H]c1nc2nc(NC([2H])([2H])c3ccc(Cl)c(Cl)c3)[nH]c(=O)c2n1C([2H])([2H])C([2H])([2H])N1CCOCC1. The Morgan fingerprint density at radius 3 is 1.42 bits per heavy atom. The number of H-pyrrole nitrogens is 4. The number of aliphatic hydroxyl groups is 1. The Kier molecular flexibility index (Phi) is 16.6. The molecule has 612 valence electrons. The molecule has 3 unspecified atom stereocenters. The van der Waals surface area contributed by atoms with Crippen molar-refractivity contribution in [2.75, 3.05) is 132 Å². The summed E-state index contributed by atoms with van der Waals surface area (Å²) in [5.41, 5.74) is -7.24. The lowest BCUT2D eigenvalue weighted by Crippen LogP contribution is -2.42. The number of nitrogens with one attached hydrogen (secondary N) is 8. The van der Waals surface area contributed by atoms with Crippen LogP contribution in [-0.4, -0.2) is 226 Å². The lowest BCUT2D eigenvalue weighted by atomic mass is 10.2. The third-order valence-electron chi connectivity index (χ3n) is 14.7. The molecule has 4 aromatic carbocycles. The van der Waals surface area contributed by atoms with Gasteiger partial charge in [-0.25, -0.2) is 19.9 Å². The largest absolute Gasteiger partial charge is 0.395 e. The Balaban J connectivity index is 0.000000186. The van der Waals surface area contributed by atoms with Crippen LogP contribution in [0, 0.1) is 0 Å². The van der Waals surface area contributed by atoms with Crippen molar-refractivity contribution in [3.8, 4) is 0 Å². The summed E-state index contributed by atoms with van der Waals surface area (Å²) in [6, 6.07) is 14.9. The van der Waals surface area contributed by atoms with Gasteiger partial charge in [0.15, 0.2) is 44.7 Å². The summed E-state index contributed by atoms with van der Waals surface area (Å²) < 4.78 is 371. The van der Waals surface area contributed by atoms with Gasteiger partial charge in [-0.1, -0.05) is 124 Å². The molecule has 11 heterocycles. The summed E-state index contributed by atoms with van der Waals surface area (Å²) in [7, 11) is 0. The van der Waals surface area contributed by atoms with Crippen LogP contribution >= 0.6 is 92.8 Å². The average Bonchev–Trinajstić information content (AvgIpc) is 1.06. The number of anilines is 4. The Morgan fingerprint density at radius 1 is 0.504 bits per heavy atom. The van der Waals surface area contributed by atoms with Crippen LogP contribution in [0.25, 0.3) is 44.7 Å². The molecule has 12 aromatic rings. The lowest BCUT2D eigenvalue weighted by Gasteiger charge is -2.31. The molecule has 3 fully saturated rings. The van der Waals surface area contributed by atoms with E-state index in [0.717, 1.165) is 39.5 Å². The highest BCUT2D eigenvalue weighted by Gasteiger charge is 2.22. The minimum atomic E-state index is -3.96. The fraction of sp³-hybridized carbons (Fsp3) is 0.413. The lowest BCUT2D eigenvalue weighted by molar-refractivity contribution is -0.0191. The standard InChI is InChI=1S/2C19H22Cl2N6O2.C19H24Cl2N6O2.C18H20Cl2N6O2/c2*1-12-10-26(6-7-29-12)4-5-27-11-23-17-16(27)18(28)25-19(24-17)22-9-13-2-3-14(20)15(21)8-13;1-2-5-26(8-9-28)6-7-27-12-23-17-16(27)18(29)25-19(24-17)22-11-13-3-4-14(20)15(21)10-13;19-13-2-1-12(9-14(13)20)10-21-18-23-16-15(17(27)24-18)26(11-22-16)4-3-25-5-7-28-8-6-25/h2*2-3,8,11-12H,4-7,9-10H2,1H3,(H2,22,24,25,28);3-4,10,12,28H,2,5-9,11H2,1H3,(H2,22,24,25,29);1-2,9,11H,3-8,10H2,(H2,21,23,24,27)/i3D,5D2,6D2,7D2,9D2,10D2,12D;4D2,5D2,6D2,7D2,10D2,12D;2D,5D2,6D2,7D2,8D2,9D2,11D2;3D2,4D2,10D2,11D. The van der Waals surface area contributed by atoms with Crippen LogP contribution in [0.3, 0.4) is 0 Å². The van der Waals surface area contributed by atoms with Crippen molar-refractivity contribution in [1.82, 2.24) is 97.7 Å². The van der Waals surface area contributed by atoms with E-state index in [2.05, 4.69) is 81.1 Å². The zero-order valence-electron chi connectivity index (χ0n) is 102. The maximum absolute atomic E-state index is 13.1. The predicted octanol–water partition coefficient (Wildman–Crippen LogP) is 10.6. The number of morpholine rings is 3. The smallest absolute Gasteiger partial charge is 0.278 e. The highest BCUT2D eigenvalue weighted by atomic mass is 35.5. The normalized spacial score (nSPS) is 26.8. The minimum absolute atomic E-state index is 0.00860. The molecular weight excluding hydrogens is 1650 g/mol. The molecule has 15 rings (SSSR count). The summed E-state index contributed by atoms with van der Waals surface area (Å²) in [5, 5.41) is 20.8. The molecule has 9 N–H and O–H groups in total. The van der Waals surface area contributed by atoms with Crippen LogP contribution < -0.4 is 43.5 Å². The van der Waals surface area contributed by atoms with E-state index < -0.39 is 222 Å². The minimum Gasteiger partial charge on any atom is -0.395 e. The van der Waals surface area contributed by atoms with E-state index >= 15 is 0 Å². The second-order valence-corrected chi connectivity index (χ2v) is 25.9. The van der Waals surface area contributed by atoms with E-state index in [1.54, 1.807) is 18.2 Å². The second-order valence-electron chi connectivity index (χ2n) is 22.7. The fourth-order valence-electron chi connectivity index (χ4n) is 9.52. The maximum Gasteiger partial charge on any atom is 0.278 e. The van der Waals surface area contributed by atoms with Crippen molar-refractivity contribution in [3.05, 3.63) is 202 Å². The molecule has 0 radical (unpaired) electrons. The molecule has 0 aliphatic carbocycles. The van der Waals surface area contributed by atoms with Crippen LogP contribution in [0.5, 0.6) is 0 Å². The van der Waals surface area contributed by atoms with Gasteiger partial charge in [0.05, 0.1) is 142 Å². The number of aryl methyl sites for hydroxylation is 3. The molecule has 40 heteroatoms. The zero-order chi connectivity index (χ0) is 120. The Bertz CT molecular complexity index is 7670. The van der Waals surface area contributed by atoms with E-state index in [-0.39, 0.29) is 129 Å². The van der Waals surface area contributed by atoms with Gasteiger partial charge in [-0.3, -0.25) is 58.7 Å². The van der Waals surface area contributed by atoms with Crippen molar-refractivity contribution >= 4 is 161 Å². The van der Waals surface area contributed by atoms with Crippen molar-refractivity contribution in [3.63, 3.8) is 0 Å². The molecule has 0 bridgehead atoms. The van der Waals surface area contributed by atoms with E-state index in [9.17, 15) is 24.3 Å². The van der Waals surface area contributed by atoms with Gasteiger partial charge in [0, 0.05) is 150 Å². The summed E-state index contributed by atoms with van der Waals surface area (Å²) in [6.07, 6.45) is -6.07. The molecule has 32 nitrogen and oxygen atoms in total. The van der Waals surface area contributed by atoms with Gasteiger partial charge in [-0.05, 0) is 97.5 Å². The third kappa shape index (κ3) is 23.9. The maximum atomic E-state index is 13.1. The van der Waals surface area contributed by atoms with E-state index in [4.69, 9.17) is 166 Å². The van der Waals surface area contributed by atoms with Crippen LogP contribution in [0.4, 0.5) is 23.8 Å². The number of aromatic nitrogens is 16. The van der Waals surface area contributed by atoms with Crippen molar-refractivity contribution in [2.45, 2.75) is 91.4 Å². The molecule has 3 atom stereocenters. The summed E-state index contributed by atoms with van der Waals surface area (Å²) in [5.74, 6) is -1.31. The zero-order valence-corrected chi connectivity index (χ0v) is 64.9. The number of fused-ring (bicyclic) bond motifs is 4. The summed E-state index contributed by atoms with van der Waals surface area (Å²) >= 11 is 47.4. The number of ether oxygens (including phenoxy) is 3. The summed E-state index contributed by atoms with van der Waals surface area (Å²) in [6.45, 7) is -59.4. The van der Waals surface area contributed by atoms with Crippen LogP contribution in [0.15, 0.2) is 117 Å². The van der Waals surface area contributed by atoms with Crippen molar-refractivity contribution < 1.29 is 78.3 Å². The molecule has 0 saturated carbocycles. The number of aromatic amines is 4. The molecule has 0 spiro atoms. The first-order chi connectivity index (χ1) is 71.6. The molecular formula is C75H88Cl8N24O8. The van der Waals surface area contributed by atoms with Gasteiger partial charge in [0.25, 0.3) is 22.2 Å². The van der Waals surface area contributed by atoms with Gasteiger partial charge in [0.2, 0.25) is 23.8 Å². The Labute approximate surface area is 760 Å². The van der Waals surface area contributed by atoms with Crippen molar-refractivity contribution in [2.24, 2.45) is 0 Å². The van der Waals surface area contributed by atoms with E-state index in [1.807, 2.05) is 0 Å². The van der Waals surface area contributed by atoms with Crippen molar-refractivity contribution in [1.29, 1.82) is 0 Å². The Hall–Kier alpha value is -8.52. The number of imidazole rings is 4. The van der Waals surface area contributed by atoms with Gasteiger partial charge in [-0.15, -0.1) is 0 Å². The number of rotatable bonds is 28. The first-order valence-corrected chi connectivity index (χ1v) is 35.7. The second kappa shape index (κ2) is 41.5. The predicted molar refractivity (Wildman–Crippen MR) is 453 cm³/mol. The van der Waals surface area contributed by atoms with Gasteiger partial charge < -0.3 is 58.9 Å². The van der Waals surface area contributed by atoms with Crippen LogP contribution in [0.1, 0.15) is 108 Å². The van der Waals surface area contributed by atoms with Gasteiger partial charge in [0.1, 0.15) is 1.37 Å². The molecule has 0 amide bonds. The summed E-state index contributed by atoms with van der Waals surface area (Å²) in [4.78, 5) is 93.1. The average molecular weight is 1780 g/mol. The van der Waals surface area contributed by atoms with E-state index in [1.165, 1.54) is 47.4 Å². The number of halogens is 8. The Morgan fingerprint density at radius 2 is 0.922 bits per heavy atom. The van der Waals surface area contributed by atoms with Gasteiger partial charge in [-0.2, -0.15) is 19.9 Å². The number of hydrogen-bond donors (Lipinski definition) is 9.